The van der Waals surface area contributed by atoms with Crippen molar-refractivity contribution in [1.82, 2.24) is 15.8 Å². The Morgan fingerprint density at radius 2 is 1.60 bits per heavy atom. The van der Waals surface area contributed by atoms with E-state index in [1.165, 1.54) is 30.3 Å². The molecule has 0 atom stereocenters. The summed E-state index contributed by atoms with van der Waals surface area (Å²) in [6.45, 7) is -0.0512. The van der Waals surface area contributed by atoms with Crippen molar-refractivity contribution in [3.63, 3.8) is 0 Å². The number of carbonyl (C=O) groups is 3. The number of hydrogen-bond donors (Lipinski definition) is 3. The van der Waals surface area contributed by atoms with Gasteiger partial charge in [0.2, 0.25) is 5.91 Å². The molecule has 9 heteroatoms. The zero-order chi connectivity index (χ0) is 24.6. The van der Waals surface area contributed by atoms with E-state index >= 15 is 0 Å². The quantitative estimate of drug-likeness (QED) is 0.361. The summed E-state index contributed by atoms with van der Waals surface area (Å²) in [6, 6.07) is 22.9. The fourth-order valence-corrected chi connectivity index (χ4v) is 3.20. The van der Waals surface area contributed by atoms with E-state index in [9.17, 15) is 18.8 Å². The van der Waals surface area contributed by atoms with Crippen molar-refractivity contribution in [2.75, 3.05) is 11.9 Å². The maximum atomic E-state index is 13.0. The van der Waals surface area contributed by atoms with E-state index in [-0.39, 0.29) is 24.7 Å². The van der Waals surface area contributed by atoms with Gasteiger partial charge in [0.25, 0.3) is 11.8 Å². The van der Waals surface area contributed by atoms with Crippen LogP contribution in [0.2, 0.25) is 0 Å². The van der Waals surface area contributed by atoms with Gasteiger partial charge in [-0.1, -0.05) is 47.6 Å². The molecular formula is C26H21FN4O4. The van der Waals surface area contributed by atoms with E-state index in [1.807, 2.05) is 30.3 Å². The highest BCUT2D eigenvalue weighted by molar-refractivity contribution is 6.04. The number of halogens is 1. The van der Waals surface area contributed by atoms with Crippen LogP contribution in [-0.4, -0.2) is 29.4 Å². The molecule has 8 nitrogen and oxygen atoms in total. The number of benzene rings is 3. The van der Waals surface area contributed by atoms with Crippen molar-refractivity contribution in [2.24, 2.45) is 0 Å². The standard InChI is InChI=1S/C26H21FN4O4/c27-20-11-9-19(10-12-20)25(33)30-21-8-4-5-17(13-21)15-28-24(32)16-29-26(34)22-14-23(35-31-22)18-6-2-1-3-7-18/h1-14H,15-16H2,(H,28,32)(H,29,34)(H,30,33). The number of nitrogens with one attached hydrogen (secondary N) is 3. The summed E-state index contributed by atoms with van der Waals surface area (Å²) in [5, 5.41) is 11.7. The average Bonchev–Trinajstić information content (AvgIpc) is 3.38. The molecule has 0 unspecified atom stereocenters. The van der Waals surface area contributed by atoms with E-state index in [0.29, 0.717) is 17.0 Å². The monoisotopic (exact) mass is 472 g/mol. The van der Waals surface area contributed by atoms with E-state index in [4.69, 9.17) is 4.52 Å². The van der Waals surface area contributed by atoms with Crippen LogP contribution >= 0.6 is 0 Å². The van der Waals surface area contributed by atoms with Gasteiger partial charge < -0.3 is 20.5 Å². The summed E-state index contributed by atoms with van der Waals surface area (Å²) in [7, 11) is 0. The lowest BCUT2D eigenvalue weighted by Gasteiger charge is -2.09. The van der Waals surface area contributed by atoms with Gasteiger partial charge in [0.15, 0.2) is 11.5 Å². The average molecular weight is 472 g/mol. The molecule has 3 amide bonds. The molecular weight excluding hydrogens is 451 g/mol. The molecule has 0 radical (unpaired) electrons. The molecule has 0 aliphatic rings. The first-order chi connectivity index (χ1) is 17.0. The second kappa shape index (κ2) is 10.9. The molecule has 35 heavy (non-hydrogen) atoms. The van der Waals surface area contributed by atoms with Gasteiger partial charge >= 0.3 is 0 Å². The van der Waals surface area contributed by atoms with Crippen LogP contribution in [0.3, 0.4) is 0 Å². The summed E-state index contributed by atoms with van der Waals surface area (Å²) < 4.78 is 18.2. The van der Waals surface area contributed by atoms with Crippen LogP contribution in [0.25, 0.3) is 11.3 Å². The first-order valence-corrected chi connectivity index (χ1v) is 10.7. The van der Waals surface area contributed by atoms with Crippen molar-refractivity contribution >= 4 is 23.4 Å². The Morgan fingerprint density at radius 1 is 0.829 bits per heavy atom. The summed E-state index contributed by atoms with van der Waals surface area (Å²) >= 11 is 0. The van der Waals surface area contributed by atoms with Gasteiger partial charge in [0.05, 0.1) is 6.54 Å². The highest BCUT2D eigenvalue weighted by Crippen LogP contribution is 2.19. The molecule has 0 bridgehead atoms. The molecule has 0 fully saturated rings. The molecule has 0 aliphatic carbocycles. The largest absolute Gasteiger partial charge is 0.355 e. The molecule has 1 aromatic heterocycles. The van der Waals surface area contributed by atoms with E-state index in [2.05, 4.69) is 21.1 Å². The van der Waals surface area contributed by atoms with Crippen molar-refractivity contribution in [1.29, 1.82) is 0 Å². The first-order valence-electron chi connectivity index (χ1n) is 10.7. The number of carbonyl (C=O) groups excluding carboxylic acids is 3. The first kappa shape index (κ1) is 23.4. The van der Waals surface area contributed by atoms with Crippen molar-refractivity contribution < 1.29 is 23.3 Å². The van der Waals surface area contributed by atoms with Crippen LogP contribution in [0.5, 0.6) is 0 Å². The van der Waals surface area contributed by atoms with Crippen LogP contribution in [-0.2, 0) is 11.3 Å². The lowest BCUT2D eigenvalue weighted by atomic mass is 10.1. The number of amides is 3. The van der Waals surface area contributed by atoms with Crippen LogP contribution in [0.4, 0.5) is 10.1 Å². The van der Waals surface area contributed by atoms with Gasteiger partial charge in [-0.05, 0) is 42.0 Å². The predicted molar refractivity (Wildman–Crippen MR) is 127 cm³/mol. The summed E-state index contributed by atoms with van der Waals surface area (Å²) in [5.41, 5.74) is 2.45. The van der Waals surface area contributed by atoms with Crippen LogP contribution in [0, 0.1) is 5.82 Å². The Bertz CT molecular complexity index is 1340. The van der Waals surface area contributed by atoms with Crippen LogP contribution < -0.4 is 16.0 Å². The molecule has 0 spiro atoms. The third-order valence-corrected chi connectivity index (χ3v) is 4.99. The van der Waals surface area contributed by atoms with Gasteiger partial charge in [-0.15, -0.1) is 0 Å². The lowest BCUT2D eigenvalue weighted by Crippen LogP contribution is -2.36. The Balaban J connectivity index is 1.25. The maximum absolute atomic E-state index is 13.0. The number of nitrogens with zero attached hydrogens (tertiary/aromatic N) is 1. The second-order valence-corrected chi connectivity index (χ2v) is 7.56. The van der Waals surface area contributed by atoms with Gasteiger partial charge in [-0.25, -0.2) is 4.39 Å². The summed E-state index contributed by atoms with van der Waals surface area (Å²) in [6.07, 6.45) is 0. The predicted octanol–water partition coefficient (Wildman–Crippen LogP) is 3.78. The summed E-state index contributed by atoms with van der Waals surface area (Å²) in [5.74, 6) is -1.28. The minimum Gasteiger partial charge on any atom is -0.355 e. The fraction of sp³-hybridized carbons (Fsp3) is 0.0769. The molecule has 4 rings (SSSR count). The van der Waals surface area contributed by atoms with Gasteiger partial charge in [0, 0.05) is 29.4 Å². The van der Waals surface area contributed by atoms with Crippen molar-refractivity contribution in [3.05, 3.63) is 108 Å². The van der Waals surface area contributed by atoms with Crippen molar-refractivity contribution in [3.8, 4) is 11.3 Å². The number of anilines is 1. The van der Waals surface area contributed by atoms with E-state index in [1.54, 1.807) is 24.3 Å². The maximum Gasteiger partial charge on any atom is 0.273 e. The Kier molecular flexibility index (Phi) is 7.27. The van der Waals surface area contributed by atoms with Crippen molar-refractivity contribution in [2.45, 2.75) is 6.54 Å². The zero-order valence-corrected chi connectivity index (χ0v) is 18.5. The fourth-order valence-electron chi connectivity index (χ4n) is 3.20. The topological polar surface area (TPSA) is 113 Å². The smallest absolute Gasteiger partial charge is 0.273 e. The molecule has 0 saturated carbocycles. The van der Waals surface area contributed by atoms with E-state index < -0.39 is 17.6 Å². The highest BCUT2D eigenvalue weighted by atomic mass is 19.1. The molecule has 4 aromatic rings. The molecule has 176 valence electrons. The van der Waals surface area contributed by atoms with Gasteiger partial charge in [-0.3, -0.25) is 14.4 Å². The molecule has 1 heterocycles. The molecule has 0 saturated heterocycles. The van der Waals surface area contributed by atoms with Crippen LogP contribution in [0.1, 0.15) is 26.4 Å². The van der Waals surface area contributed by atoms with Gasteiger partial charge in [0.1, 0.15) is 5.82 Å². The minimum atomic E-state index is -0.531. The minimum absolute atomic E-state index is 0.0706. The zero-order valence-electron chi connectivity index (χ0n) is 18.5. The summed E-state index contributed by atoms with van der Waals surface area (Å²) in [4.78, 5) is 36.8. The SMILES string of the molecule is O=C(CNC(=O)c1cc(-c2ccccc2)on1)NCc1cccc(NC(=O)c2ccc(F)cc2)c1. The number of aromatic nitrogens is 1. The second-order valence-electron chi connectivity index (χ2n) is 7.56. The molecule has 3 N–H and O–H groups in total. The van der Waals surface area contributed by atoms with Crippen LogP contribution in [0.15, 0.2) is 89.5 Å². The lowest BCUT2D eigenvalue weighted by molar-refractivity contribution is -0.120. The highest BCUT2D eigenvalue weighted by Gasteiger charge is 2.14. The number of rotatable bonds is 8. The Morgan fingerprint density at radius 3 is 2.37 bits per heavy atom. The van der Waals surface area contributed by atoms with Gasteiger partial charge in [-0.2, -0.15) is 0 Å². The number of hydrogen-bond acceptors (Lipinski definition) is 5. The third-order valence-electron chi connectivity index (χ3n) is 4.99. The molecule has 3 aromatic carbocycles. The third kappa shape index (κ3) is 6.38. The Labute approximate surface area is 200 Å². The molecule has 0 aliphatic heterocycles. The van der Waals surface area contributed by atoms with E-state index in [0.717, 1.165) is 11.1 Å². The Hall–Kier alpha value is -4.79. The normalized spacial score (nSPS) is 10.4.